The van der Waals surface area contributed by atoms with Gasteiger partial charge in [-0.1, -0.05) is 18.7 Å². The highest BCUT2D eigenvalue weighted by Gasteiger charge is 2.28. The van der Waals surface area contributed by atoms with Crippen LogP contribution in [-0.4, -0.2) is 46.1 Å². The van der Waals surface area contributed by atoms with Gasteiger partial charge in [-0.2, -0.15) is 5.10 Å². The summed E-state index contributed by atoms with van der Waals surface area (Å²) in [6, 6.07) is 11.1. The number of benzene rings is 2. The quantitative estimate of drug-likeness (QED) is 0.492. The lowest BCUT2D eigenvalue weighted by atomic mass is 9.90. The zero-order valence-electron chi connectivity index (χ0n) is 19.2. The first-order valence-electron chi connectivity index (χ1n) is 11.0. The molecule has 176 valence electrons. The van der Waals surface area contributed by atoms with E-state index in [2.05, 4.69) is 22.1 Å². The standard InChI is InChI=1S/C25H27N5O4/c1-14(2)34-25(33)30-9-7-16(8-10-30)22-20-12-18(13-21(24(26)32)23(20)29-28-22)17-5-4-6-19(11-17)27-15(3)31/h4-6,11-13,16H,1,7-10H2,2-3H3,(H2,26,32)(H,27,31)(H,28,29). The number of primary amides is 1. The molecule has 34 heavy (non-hydrogen) atoms. The Hall–Kier alpha value is -4.14. The zero-order valence-corrected chi connectivity index (χ0v) is 19.2. The molecule has 3 amide bonds. The monoisotopic (exact) mass is 461 g/mol. The molecule has 0 unspecified atom stereocenters. The smallest absolute Gasteiger partial charge is 0.414 e. The third-order valence-electron chi connectivity index (χ3n) is 5.89. The number of nitrogens with two attached hydrogens (primary N) is 1. The van der Waals surface area contributed by atoms with Gasteiger partial charge in [0, 0.05) is 42.7 Å². The van der Waals surface area contributed by atoms with E-state index in [1.54, 1.807) is 24.0 Å². The molecule has 0 bridgehead atoms. The Balaban J connectivity index is 1.67. The van der Waals surface area contributed by atoms with Gasteiger partial charge in [-0.3, -0.25) is 14.7 Å². The molecular weight excluding hydrogens is 434 g/mol. The maximum atomic E-state index is 12.2. The topological polar surface area (TPSA) is 130 Å². The summed E-state index contributed by atoms with van der Waals surface area (Å²) in [5.74, 6) is -0.248. The summed E-state index contributed by atoms with van der Waals surface area (Å²) < 4.78 is 5.12. The molecule has 2 aromatic carbocycles. The van der Waals surface area contributed by atoms with E-state index in [0.717, 1.165) is 35.0 Å². The molecule has 2 heterocycles. The molecule has 0 saturated carbocycles. The summed E-state index contributed by atoms with van der Waals surface area (Å²) in [5, 5.41) is 11.1. The van der Waals surface area contributed by atoms with E-state index < -0.39 is 12.0 Å². The van der Waals surface area contributed by atoms with Crippen LogP contribution in [0.25, 0.3) is 22.0 Å². The van der Waals surface area contributed by atoms with Crippen LogP contribution in [0.1, 0.15) is 48.7 Å². The summed E-state index contributed by atoms with van der Waals surface area (Å²) in [6.45, 7) is 7.78. The summed E-state index contributed by atoms with van der Waals surface area (Å²) in [6.07, 6.45) is 1.05. The minimum absolute atomic E-state index is 0.126. The number of ether oxygens (including phenoxy) is 1. The van der Waals surface area contributed by atoms with Crippen molar-refractivity contribution in [3.05, 3.63) is 60.0 Å². The number of likely N-dealkylation sites (tertiary alicyclic amines) is 1. The van der Waals surface area contributed by atoms with Gasteiger partial charge in [-0.05, 0) is 55.2 Å². The van der Waals surface area contributed by atoms with Crippen molar-refractivity contribution >= 4 is 34.5 Å². The lowest BCUT2D eigenvalue weighted by Crippen LogP contribution is -2.38. The van der Waals surface area contributed by atoms with Gasteiger partial charge in [0.25, 0.3) is 5.91 Å². The van der Waals surface area contributed by atoms with Crippen molar-refractivity contribution in [3.8, 4) is 11.1 Å². The highest BCUT2D eigenvalue weighted by atomic mass is 16.6. The van der Waals surface area contributed by atoms with Crippen LogP contribution in [0.5, 0.6) is 0 Å². The van der Waals surface area contributed by atoms with Crippen molar-refractivity contribution in [2.24, 2.45) is 5.73 Å². The highest BCUT2D eigenvalue weighted by Crippen LogP contribution is 2.36. The molecule has 4 rings (SSSR count). The van der Waals surface area contributed by atoms with Crippen LogP contribution in [0.2, 0.25) is 0 Å². The molecule has 1 saturated heterocycles. The fourth-order valence-corrected chi connectivity index (χ4v) is 4.35. The predicted octanol–water partition coefficient (Wildman–Crippen LogP) is 4.14. The Bertz CT molecular complexity index is 1290. The normalized spacial score (nSPS) is 14.1. The van der Waals surface area contributed by atoms with Crippen molar-refractivity contribution in [2.45, 2.75) is 32.6 Å². The maximum Gasteiger partial charge on any atom is 0.414 e. The van der Waals surface area contributed by atoms with E-state index in [1.165, 1.54) is 6.92 Å². The molecule has 1 aliphatic heterocycles. The molecule has 1 fully saturated rings. The molecule has 0 aliphatic carbocycles. The lowest BCUT2D eigenvalue weighted by Gasteiger charge is -2.30. The van der Waals surface area contributed by atoms with Crippen LogP contribution < -0.4 is 11.1 Å². The Morgan fingerprint density at radius 1 is 1.15 bits per heavy atom. The number of carbonyl (C=O) groups excluding carboxylic acids is 3. The number of hydrogen-bond donors (Lipinski definition) is 3. The number of hydrogen-bond acceptors (Lipinski definition) is 5. The lowest BCUT2D eigenvalue weighted by molar-refractivity contribution is -0.114. The van der Waals surface area contributed by atoms with Gasteiger partial charge in [0.15, 0.2) is 0 Å². The van der Waals surface area contributed by atoms with Gasteiger partial charge in [0.05, 0.1) is 11.3 Å². The van der Waals surface area contributed by atoms with Crippen LogP contribution >= 0.6 is 0 Å². The van der Waals surface area contributed by atoms with Crippen LogP contribution in [0, 0.1) is 0 Å². The summed E-state index contributed by atoms with van der Waals surface area (Å²) in [5.41, 5.74) is 9.72. The van der Waals surface area contributed by atoms with E-state index in [9.17, 15) is 14.4 Å². The Kier molecular flexibility index (Phi) is 6.36. The highest BCUT2D eigenvalue weighted by molar-refractivity contribution is 6.07. The number of nitrogens with zero attached hydrogens (tertiary/aromatic N) is 2. The van der Waals surface area contributed by atoms with Gasteiger partial charge in [0.1, 0.15) is 5.52 Å². The maximum absolute atomic E-state index is 12.2. The van der Waals surface area contributed by atoms with E-state index >= 15 is 0 Å². The fraction of sp³-hybridized carbons (Fsp3) is 0.280. The minimum Gasteiger partial charge on any atom is -0.416 e. The number of piperidine rings is 1. The zero-order chi connectivity index (χ0) is 24.4. The van der Waals surface area contributed by atoms with E-state index in [-0.39, 0.29) is 11.8 Å². The molecule has 1 aromatic heterocycles. The fourth-order valence-electron chi connectivity index (χ4n) is 4.35. The Morgan fingerprint density at radius 2 is 1.88 bits per heavy atom. The third-order valence-corrected chi connectivity index (χ3v) is 5.89. The Morgan fingerprint density at radius 3 is 2.53 bits per heavy atom. The van der Waals surface area contributed by atoms with Crippen LogP contribution in [-0.2, 0) is 9.53 Å². The number of aromatic nitrogens is 2. The first kappa shape index (κ1) is 23.0. The van der Waals surface area contributed by atoms with Gasteiger partial charge < -0.3 is 20.7 Å². The number of aromatic amines is 1. The average molecular weight is 462 g/mol. The van der Waals surface area contributed by atoms with Crippen LogP contribution in [0.3, 0.4) is 0 Å². The third kappa shape index (κ3) is 4.78. The molecule has 9 heteroatoms. The molecule has 4 N–H and O–H groups in total. The second-order valence-electron chi connectivity index (χ2n) is 8.51. The van der Waals surface area contributed by atoms with Gasteiger partial charge in [0.2, 0.25) is 5.91 Å². The second kappa shape index (κ2) is 9.38. The number of fused-ring (bicyclic) bond motifs is 1. The van der Waals surface area contributed by atoms with Crippen molar-refractivity contribution in [1.29, 1.82) is 0 Å². The Labute approximate surface area is 196 Å². The molecule has 1 aliphatic rings. The molecule has 0 spiro atoms. The molecule has 0 atom stereocenters. The number of carbonyl (C=O) groups is 3. The van der Waals surface area contributed by atoms with Crippen molar-refractivity contribution in [1.82, 2.24) is 15.1 Å². The first-order valence-corrected chi connectivity index (χ1v) is 11.0. The summed E-state index contributed by atoms with van der Waals surface area (Å²) in [7, 11) is 0. The SMILES string of the molecule is C=C(C)OC(=O)N1CCC(c2[nH]nc3c(C(N)=O)cc(-c4cccc(NC(C)=O)c4)cc23)CC1. The summed E-state index contributed by atoms with van der Waals surface area (Å²) >= 11 is 0. The molecular formula is C25H27N5O4. The summed E-state index contributed by atoms with van der Waals surface area (Å²) in [4.78, 5) is 37.5. The molecule has 9 nitrogen and oxygen atoms in total. The number of amides is 3. The van der Waals surface area contributed by atoms with E-state index in [1.807, 2.05) is 24.3 Å². The number of allylic oxidation sites excluding steroid dienone is 1. The van der Waals surface area contributed by atoms with Gasteiger partial charge in [-0.15, -0.1) is 0 Å². The van der Waals surface area contributed by atoms with E-state index in [0.29, 0.717) is 35.6 Å². The van der Waals surface area contributed by atoms with Gasteiger partial charge in [-0.25, -0.2) is 4.79 Å². The van der Waals surface area contributed by atoms with Crippen LogP contribution in [0.4, 0.5) is 10.5 Å². The second-order valence-corrected chi connectivity index (χ2v) is 8.51. The first-order chi connectivity index (χ1) is 16.2. The number of H-pyrrole nitrogens is 1. The van der Waals surface area contributed by atoms with Gasteiger partial charge >= 0.3 is 6.09 Å². The molecule has 0 radical (unpaired) electrons. The van der Waals surface area contributed by atoms with Crippen molar-refractivity contribution in [2.75, 3.05) is 18.4 Å². The molecule has 3 aromatic rings. The van der Waals surface area contributed by atoms with Crippen LogP contribution in [0.15, 0.2) is 48.7 Å². The van der Waals surface area contributed by atoms with Crippen molar-refractivity contribution < 1.29 is 19.1 Å². The largest absolute Gasteiger partial charge is 0.416 e. The minimum atomic E-state index is -0.569. The average Bonchev–Trinajstić information content (AvgIpc) is 3.21. The van der Waals surface area contributed by atoms with Crippen molar-refractivity contribution in [3.63, 3.8) is 0 Å². The number of rotatable bonds is 5. The number of nitrogens with one attached hydrogen (secondary N) is 2. The number of anilines is 1. The van der Waals surface area contributed by atoms with E-state index in [4.69, 9.17) is 10.5 Å². The predicted molar refractivity (Wildman–Crippen MR) is 129 cm³/mol.